The van der Waals surface area contributed by atoms with Crippen LogP contribution in [0.3, 0.4) is 0 Å². The lowest BCUT2D eigenvalue weighted by Gasteiger charge is -2.20. The summed E-state index contributed by atoms with van der Waals surface area (Å²) in [5.41, 5.74) is 2.10. The highest BCUT2D eigenvalue weighted by Gasteiger charge is 2.15. The second-order valence-electron chi connectivity index (χ2n) is 4.38. The van der Waals surface area contributed by atoms with Crippen LogP contribution in [0, 0.1) is 12.8 Å². The van der Waals surface area contributed by atoms with Gasteiger partial charge in [0, 0.05) is 19.6 Å². The summed E-state index contributed by atoms with van der Waals surface area (Å²) in [6.45, 7) is 7.03. The number of rotatable bonds is 5. The zero-order valence-corrected chi connectivity index (χ0v) is 11.9. The molecule has 0 fully saturated rings. The maximum Gasteiger partial charge on any atom is 0.0739 e. The molecule has 0 aliphatic rings. The summed E-state index contributed by atoms with van der Waals surface area (Å²) in [7, 11) is 1.93. The number of nitrogens with zero attached hydrogens (tertiary/aromatic N) is 2. The minimum absolute atomic E-state index is 0.127. The Bertz CT molecular complexity index is 349. The number of aliphatic hydroxyl groups is 1. The van der Waals surface area contributed by atoms with Gasteiger partial charge in [0.05, 0.1) is 22.5 Å². The molecule has 0 amide bonds. The van der Waals surface area contributed by atoms with Gasteiger partial charge in [-0.1, -0.05) is 13.8 Å². The third-order valence-corrected chi connectivity index (χ3v) is 3.83. The van der Waals surface area contributed by atoms with E-state index in [1.54, 1.807) is 0 Å². The van der Waals surface area contributed by atoms with E-state index in [1.807, 2.05) is 18.7 Å². The fraction of sp³-hybridized carbons (Fsp3) is 0.727. The summed E-state index contributed by atoms with van der Waals surface area (Å²) >= 11 is 3.52. The highest BCUT2D eigenvalue weighted by Crippen LogP contribution is 2.20. The van der Waals surface area contributed by atoms with E-state index in [4.69, 9.17) is 0 Å². The molecule has 1 aromatic heterocycles. The van der Waals surface area contributed by atoms with Gasteiger partial charge >= 0.3 is 0 Å². The highest BCUT2D eigenvalue weighted by molar-refractivity contribution is 9.10. The van der Waals surface area contributed by atoms with E-state index in [0.29, 0.717) is 12.5 Å². The quantitative estimate of drug-likeness (QED) is 0.866. The first-order valence-corrected chi connectivity index (χ1v) is 6.28. The van der Waals surface area contributed by atoms with E-state index < -0.39 is 0 Å². The molecular formula is C11H20BrN3O. The molecule has 4 nitrogen and oxygen atoms in total. The van der Waals surface area contributed by atoms with Crippen LogP contribution in [0.25, 0.3) is 0 Å². The molecule has 1 rings (SSSR count). The number of nitrogens with one attached hydrogen (secondary N) is 1. The van der Waals surface area contributed by atoms with E-state index in [1.165, 1.54) is 0 Å². The molecule has 0 aromatic carbocycles. The summed E-state index contributed by atoms with van der Waals surface area (Å²) in [4.78, 5) is 0. The number of halogens is 1. The first kappa shape index (κ1) is 13.7. The molecule has 16 heavy (non-hydrogen) atoms. The predicted molar refractivity (Wildman–Crippen MR) is 68.2 cm³/mol. The molecule has 0 saturated heterocycles. The highest BCUT2D eigenvalue weighted by atomic mass is 79.9. The predicted octanol–water partition coefficient (Wildman–Crippen LogP) is 1.60. The number of hydrogen-bond acceptors (Lipinski definition) is 3. The third-order valence-electron chi connectivity index (χ3n) is 2.79. The molecule has 0 bridgehead atoms. The van der Waals surface area contributed by atoms with Crippen molar-refractivity contribution >= 4 is 15.9 Å². The van der Waals surface area contributed by atoms with Gasteiger partial charge in [-0.2, -0.15) is 5.10 Å². The Labute approximate surface area is 105 Å². The number of hydrogen-bond donors (Lipinski definition) is 2. The molecule has 0 aliphatic heterocycles. The van der Waals surface area contributed by atoms with E-state index in [0.717, 1.165) is 15.9 Å². The molecule has 0 spiro atoms. The monoisotopic (exact) mass is 289 g/mol. The van der Waals surface area contributed by atoms with Crippen molar-refractivity contribution in [2.75, 3.05) is 6.61 Å². The third kappa shape index (κ3) is 3.06. The lowest BCUT2D eigenvalue weighted by atomic mass is 10.1. The lowest BCUT2D eigenvalue weighted by molar-refractivity contribution is 0.209. The van der Waals surface area contributed by atoms with Gasteiger partial charge < -0.3 is 10.4 Å². The van der Waals surface area contributed by atoms with Crippen LogP contribution < -0.4 is 5.32 Å². The minimum Gasteiger partial charge on any atom is -0.395 e. The molecule has 0 aliphatic carbocycles. The Hall–Kier alpha value is -0.390. The SMILES string of the molecule is Cc1nn(C)c(CNC(CO)C(C)C)c1Br. The Kier molecular flexibility index (Phi) is 4.95. The average Bonchev–Trinajstić information content (AvgIpc) is 2.44. The van der Waals surface area contributed by atoms with Gasteiger partial charge in [-0.05, 0) is 28.8 Å². The van der Waals surface area contributed by atoms with Crippen LogP contribution >= 0.6 is 15.9 Å². The van der Waals surface area contributed by atoms with E-state index in [-0.39, 0.29) is 12.6 Å². The number of aryl methyl sites for hydroxylation is 2. The summed E-state index contributed by atoms with van der Waals surface area (Å²) in [5.74, 6) is 0.415. The smallest absolute Gasteiger partial charge is 0.0739 e. The molecule has 1 aromatic rings. The van der Waals surface area contributed by atoms with Crippen molar-refractivity contribution in [3.8, 4) is 0 Å². The summed E-state index contributed by atoms with van der Waals surface area (Å²) in [6, 6.07) is 0.127. The van der Waals surface area contributed by atoms with Gasteiger partial charge in [0.25, 0.3) is 0 Å². The van der Waals surface area contributed by atoms with Gasteiger partial charge in [0.2, 0.25) is 0 Å². The van der Waals surface area contributed by atoms with Gasteiger partial charge in [-0.3, -0.25) is 4.68 Å². The lowest BCUT2D eigenvalue weighted by Crippen LogP contribution is -2.37. The first-order chi connectivity index (χ1) is 7.47. The average molecular weight is 290 g/mol. The van der Waals surface area contributed by atoms with Crippen molar-refractivity contribution in [1.82, 2.24) is 15.1 Å². The second kappa shape index (κ2) is 5.80. The van der Waals surface area contributed by atoms with Crippen molar-refractivity contribution in [2.24, 2.45) is 13.0 Å². The fourth-order valence-electron chi connectivity index (χ4n) is 1.61. The second-order valence-corrected chi connectivity index (χ2v) is 5.18. The van der Waals surface area contributed by atoms with Gasteiger partial charge in [0.15, 0.2) is 0 Å². The van der Waals surface area contributed by atoms with Crippen LogP contribution in [-0.4, -0.2) is 27.5 Å². The normalized spacial score (nSPS) is 13.4. The molecule has 5 heteroatoms. The van der Waals surface area contributed by atoms with Crippen molar-refractivity contribution in [1.29, 1.82) is 0 Å². The van der Waals surface area contributed by atoms with Crippen LogP contribution in [0.5, 0.6) is 0 Å². The zero-order chi connectivity index (χ0) is 12.3. The first-order valence-electron chi connectivity index (χ1n) is 5.49. The standard InChI is InChI=1S/C11H20BrN3O/c1-7(2)9(6-16)13-5-10-11(12)8(3)14-15(10)4/h7,9,13,16H,5-6H2,1-4H3. The van der Waals surface area contributed by atoms with Crippen molar-refractivity contribution in [3.63, 3.8) is 0 Å². The summed E-state index contributed by atoms with van der Waals surface area (Å²) in [6.07, 6.45) is 0. The van der Waals surface area contributed by atoms with Crippen LogP contribution in [-0.2, 0) is 13.6 Å². The molecule has 0 radical (unpaired) electrons. The Balaban J connectivity index is 2.67. The van der Waals surface area contributed by atoms with Crippen molar-refractivity contribution in [3.05, 3.63) is 15.9 Å². The van der Waals surface area contributed by atoms with Crippen molar-refractivity contribution < 1.29 is 5.11 Å². The molecule has 1 unspecified atom stereocenters. The molecular weight excluding hydrogens is 270 g/mol. The molecule has 1 atom stereocenters. The van der Waals surface area contributed by atoms with Gasteiger partial charge in [0.1, 0.15) is 0 Å². The Morgan fingerprint density at radius 3 is 2.50 bits per heavy atom. The Morgan fingerprint density at radius 2 is 2.12 bits per heavy atom. The van der Waals surface area contributed by atoms with E-state index >= 15 is 0 Å². The van der Waals surface area contributed by atoms with Crippen LogP contribution in [0.2, 0.25) is 0 Å². The zero-order valence-electron chi connectivity index (χ0n) is 10.3. The minimum atomic E-state index is 0.127. The molecule has 0 saturated carbocycles. The molecule has 2 N–H and O–H groups in total. The van der Waals surface area contributed by atoms with Crippen LogP contribution in [0.1, 0.15) is 25.2 Å². The molecule has 92 valence electrons. The fourth-order valence-corrected chi connectivity index (χ4v) is 2.09. The van der Waals surface area contributed by atoms with E-state index in [2.05, 4.69) is 40.2 Å². The molecule has 1 heterocycles. The maximum atomic E-state index is 9.22. The maximum absolute atomic E-state index is 9.22. The van der Waals surface area contributed by atoms with Gasteiger partial charge in [-0.15, -0.1) is 0 Å². The van der Waals surface area contributed by atoms with Crippen molar-refractivity contribution in [2.45, 2.75) is 33.4 Å². The van der Waals surface area contributed by atoms with Crippen LogP contribution in [0.15, 0.2) is 4.47 Å². The topological polar surface area (TPSA) is 50.1 Å². The van der Waals surface area contributed by atoms with Crippen LogP contribution in [0.4, 0.5) is 0 Å². The number of aliphatic hydroxyl groups excluding tert-OH is 1. The number of aromatic nitrogens is 2. The summed E-state index contributed by atoms with van der Waals surface area (Å²) < 4.78 is 2.91. The Morgan fingerprint density at radius 1 is 1.50 bits per heavy atom. The summed E-state index contributed by atoms with van der Waals surface area (Å²) in [5, 5.41) is 16.9. The van der Waals surface area contributed by atoms with Gasteiger partial charge in [-0.25, -0.2) is 0 Å². The largest absolute Gasteiger partial charge is 0.395 e. The van der Waals surface area contributed by atoms with E-state index in [9.17, 15) is 5.11 Å².